The largest absolute Gasteiger partial charge is 0.497 e. The smallest absolute Gasteiger partial charge is 0.251 e. The molecule has 0 fully saturated rings. The number of ether oxygens (including phenoxy) is 1. The first-order chi connectivity index (χ1) is 15.5. The molecule has 0 aliphatic rings. The fraction of sp³-hybridized carbons (Fsp3) is 0.120. The van der Waals surface area contributed by atoms with Gasteiger partial charge in [-0.25, -0.2) is 0 Å². The highest BCUT2D eigenvalue weighted by Crippen LogP contribution is 2.24. The Labute approximate surface area is 186 Å². The van der Waals surface area contributed by atoms with Crippen molar-refractivity contribution in [2.24, 2.45) is 10.7 Å². The van der Waals surface area contributed by atoms with E-state index in [2.05, 4.69) is 16.4 Å². The molecule has 7 nitrogen and oxygen atoms in total. The van der Waals surface area contributed by atoms with Gasteiger partial charge in [0.1, 0.15) is 29.6 Å². The maximum Gasteiger partial charge on any atom is 0.251 e. The summed E-state index contributed by atoms with van der Waals surface area (Å²) in [4.78, 5) is 29.7. The first-order valence-corrected chi connectivity index (χ1v) is 9.86. The summed E-state index contributed by atoms with van der Waals surface area (Å²) < 4.78 is 5.16. The fourth-order valence-electron chi connectivity index (χ4n) is 3.17. The molecule has 0 aliphatic carbocycles. The highest BCUT2D eigenvalue weighted by atomic mass is 16.5. The summed E-state index contributed by atoms with van der Waals surface area (Å²) in [6.07, 6.45) is 0. The van der Waals surface area contributed by atoms with Crippen LogP contribution in [0.15, 0.2) is 89.9 Å². The molecule has 7 heteroatoms. The van der Waals surface area contributed by atoms with E-state index in [1.807, 2.05) is 6.07 Å². The Morgan fingerprint density at radius 2 is 1.53 bits per heavy atom. The standard InChI is InChI=1S/C25H22N4O3/c1-32-20-14-12-17(13-15-20)21(16-26)28-22(18-8-4-2-5-9-18)23(24(27)30)29-25(31)19-10-6-3-7-11-19/h2-15,22-23H,1H3,(H2,27,30)(H,29,31)/t22-,23-/m1/s1. The summed E-state index contributed by atoms with van der Waals surface area (Å²) >= 11 is 0. The molecule has 0 spiro atoms. The number of hydrogen-bond donors (Lipinski definition) is 2. The van der Waals surface area contributed by atoms with Crippen LogP contribution in [-0.4, -0.2) is 30.7 Å². The van der Waals surface area contributed by atoms with Gasteiger partial charge in [-0.15, -0.1) is 0 Å². The summed E-state index contributed by atoms with van der Waals surface area (Å²) in [5.74, 6) is -0.594. The van der Waals surface area contributed by atoms with Gasteiger partial charge in [-0.2, -0.15) is 5.26 Å². The number of carbonyl (C=O) groups excluding carboxylic acids is 2. The summed E-state index contributed by atoms with van der Waals surface area (Å²) in [5, 5.41) is 12.4. The predicted octanol–water partition coefficient (Wildman–Crippen LogP) is 3.03. The van der Waals surface area contributed by atoms with E-state index in [0.29, 0.717) is 22.4 Å². The predicted molar refractivity (Wildman–Crippen MR) is 121 cm³/mol. The summed E-state index contributed by atoms with van der Waals surface area (Å²) in [5.41, 5.74) is 7.33. The number of aliphatic imine (C=N–C) groups is 1. The maximum atomic E-state index is 12.7. The molecular weight excluding hydrogens is 404 g/mol. The number of benzene rings is 3. The van der Waals surface area contributed by atoms with E-state index in [1.54, 1.807) is 86.0 Å². The van der Waals surface area contributed by atoms with E-state index in [9.17, 15) is 14.9 Å². The maximum absolute atomic E-state index is 12.7. The van der Waals surface area contributed by atoms with Gasteiger partial charge in [-0.3, -0.25) is 14.6 Å². The lowest BCUT2D eigenvalue weighted by Crippen LogP contribution is -2.48. The quantitative estimate of drug-likeness (QED) is 0.538. The minimum Gasteiger partial charge on any atom is -0.497 e. The number of amides is 2. The highest BCUT2D eigenvalue weighted by Gasteiger charge is 2.30. The van der Waals surface area contributed by atoms with Gasteiger partial charge in [0.15, 0.2) is 0 Å². The van der Waals surface area contributed by atoms with Crippen molar-refractivity contribution in [3.63, 3.8) is 0 Å². The Morgan fingerprint density at radius 1 is 0.938 bits per heavy atom. The van der Waals surface area contributed by atoms with Crippen molar-refractivity contribution in [1.29, 1.82) is 5.26 Å². The van der Waals surface area contributed by atoms with Crippen molar-refractivity contribution in [2.75, 3.05) is 7.11 Å². The van der Waals surface area contributed by atoms with E-state index >= 15 is 0 Å². The minimum atomic E-state index is -1.17. The number of methoxy groups -OCH3 is 1. The molecule has 160 valence electrons. The van der Waals surface area contributed by atoms with Gasteiger partial charge in [0.05, 0.1) is 7.11 Å². The molecule has 2 amide bonds. The number of nitrogens with two attached hydrogens (primary N) is 1. The average Bonchev–Trinajstić information content (AvgIpc) is 2.84. The van der Waals surface area contributed by atoms with Gasteiger partial charge in [-0.1, -0.05) is 48.5 Å². The number of carbonyl (C=O) groups is 2. The number of nitrogens with one attached hydrogen (secondary N) is 1. The lowest BCUT2D eigenvalue weighted by atomic mass is 9.98. The van der Waals surface area contributed by atoms with Gasteiger partial charge in [-0.05, 0) is 42.0 Å². The molecule has 3 aromatic rings. The minimum absolute atomic E-state index is 0.0988. The van der Waals surface area contributed by atoms with Crippen molar-refractivity contribution in [1.82, 2.24) is 5.32 Å². The van der Waals surface area contributed by atoms with Gasteiger partial charge in [0, 0.05) is 11.1 Å². The molecule has 0 saturated carbocycles. The number of hydrogen-bond acceptors (Lipinski definition) is 5. The van der Waals surface area contributed by atoms with E-state index in [0.717, 1.165) is 0 Å². The van der Waals surface area contributed by atoms with Crippen LogP contribution in [0.25, 0.3) is 0 Å². The zero-order valence-corrected chi connectivity index (χ0v) is 17.4. The normalized spacial score (nSPS) is 12.8. The Balaban J connectivity index is 2.03. The van der Waals surface area contributed by atoms with Crippen molar-refractivity contribution in [2.45, 2.75) is 12.1 Å². The van der Waals surface area contributed by atoms with Crippen LogP contribution in [0.3, 0.4) is 0 Å². The zero-order valence-electron chi connectivity index (χ0n) is 17.4. The molecule has 0 heterocycles. The van der Waals surface area contributed by atoms with Crippen molar-refractivity contribution < 1.29 is 14.3 Å². The van der Waals surface area contributed by atoms with Crippen LogP contribution < -0.4 is 15.8 Å². The number of primary amides is 1. The van der Waals surface area contributed by atoms with Crippen LogP contribution in [0.4, 0.5) is 0 Å². The Hall–Kier alpha value is -4.44. The third-order valence-corrected chi connectivity index (χ3v) is 4.82. The van der Waals surface area contributed by atoms with Crippen LogP contribution in [0.5, 0.6) is 5.75 Å². The molecular formula is C25H22N4O3. The molecule has 0 radical (unpaired) electrons. The molecule has 0 bridgehead atoms. The third-order valence-electron chi connectivity index (χ3n) is 4.82. The van der Waals surface area contributed by atoms with Crippen LogP contribution in [0, 0.1) is 11.3 Å². The van der Waals surface area contributed by atoms with Gasteiger partial charge < -0.3 is 15.8 Å². The second kappa shape index (κ2) is 10.5. The topological polar surface area (TPSA) is 118 Å². The molecule has 0 aliphatic heterocycles. The number of rotatable bonds is 8. The molecule has 3 aromatic carbocycles. The first kappa shape index (κ1) is 22.2. The molecule has 3 N–H and O–H groups in total. The molecule has 0 saturated heterocycles. The van der Waals surface area contributed by atoms with E-state index in [1.165, 1.54) is 0 Å². The number of nitriles is 1. The Morgan fingerprint density at radius 3 is 2.06 bits per heavy atom. The van der Waals surface area contributed by atoms with Crippen molar-refractivity contribution in [3.05, 3.63) is 102 Å². The van der Waals surface area contributed by atoms with Crippen molar-refractivity contribution in [3.8, 4) is 11.8 Å². The lowest BCUT2D eigenvalue weighted by molar-refractivity contribution is -0.120. The molecule has 3 rings (SSSR count). The molecule has 32 heavy (non-hydrogen) atoms. The monoisotopic (exact) mass is 426 g/mol. The number of nitrogens with zero attached hydrogens (tertiary/aromatic N) is 2. The van der Waals surface area contributed by atoms with Crippen LogP contribution in [0.2, 0.25) is 0 Å². The van der Waals surface area contributed by atoms with Gasteiger partial charge in [0.2, 0.25) is 5.91 Å². The van der Waals surface area contributed by atoms with Gasteiger partial charge >= 0.3 is 0 Å². The average molecular weight is 426 g/mol. The lowest BCUT2D eigenvalue weighted by Gasteiger charge is -2.23. The van der Waals surface area contributed by atoms with Crippen LogP contribution in [-0.2, 0) is 4.79 Å². The molecule has 0 unspecified atom stereocenters. The second-order valence-electron chi connectivity index (χ2n) is 6.89. The highest BCUT2D eigenvalue weighted by molar-refractivity contribution is 6.12. The zero-order chi connectivity index (χ0) is 22.9. The fourth-order valence-corrected chi connectivity index (χ4v) is 3.17. The first-order valence-electron chi connectivity index (χ1n) is 9.86. The Kier molecular flexibility index (Phi) is 7.33. The summed E-state index contributed by atoms with van der Waals surface area (Å²) in [7, 11) is 1.55. The van der Waals surface area contributed by atoms with E-state index in [-0.39, 0.29) is 5.71 Å². The van der Waals surface area contributed by atoms with Gasteiger partial charge in [0.25, 0.3) is 5.91 Å². The van der Waals surface area contributed by atoms with Crippen LogP contribution >= 0.6 is 0 Å². The summed E-state index contributed by atoms with van der Waals surface area (Å²) in [6.45, 7) is 0. The third kappa shape index (κ3) is 5.37. The van der Waals surface area contributed by atoms with Crippen molar-refractivity contribution >= 4 is 17.5 Å². The van der Waals surface area contributed by atoms with Crippen LogP contribution in [0.1, 0.15) is 27.5 Å². The molecule has 2 atom stereocenters. The second-order valence-corrected chi connectivity index (χ2v) is 6.89. The Bertz CT molecular complexity index is 1140. The summed E-state index contributed by atoms with van der Waals surface area (Å²) in [6, 6.07) is 24.2. The van der Waals surface area contributed by atoms with E-state index < -0.39 is 23.9 Å². The molecule has 0 aromatic heterocycles. The SMILES string of the molecule is COc1ccc(C(C#N)=N[C@H](c2ccccc2)[C@@H](NC(=O)c2ccccc2)C(N)=O)cc1. The van der Waals surface area contributed by atoms with E-state index in [4.69, 9.17) is 10.5 Å².